The van der Waals surface area contributed by atoms with Crippen molar-refractivity contribution in [3.63, 3.8) is 0 Å². The minimum absolute atomic E-state index is 0.193. The van der Waals surface area contributed by atoms with Crippen molar-refractivity contribution < 1.29 is 9.90 Å². The molecule has 0 aromatic carbocycles. The van der Waals surface area contributed by atoms with Crippen LogP contribution in [0.2, 0.25) is 0 Å². The molecule has 0 bridgehead atoms. The van der Waals surface area contributed by atoms with Crippen LogP contribution in [0.4, 0.5) is 0 Å². The highest BCUT2D eigenvalue weighted by Gasteiger charge is 2.32. The molecule has 4 nitrogen and oxygen atoms in total. The van der Waals surface area contributed by atoms with Gasteiger partial charge in [0.25, 0.3) is 0 Å². The van der Waals surface area contributed by atoms with Crippen LogP contribution in [-0.4, -0.2) is 47.7 Å². The van der Waals surface area contributed by atoms with Gasteiger partial charge in [-0.1, -0.05) is 0 Å². The summed E-state index contributed by atoms with van der Waals surface area (Å²) in [7, 11) is 2.17. The molecule has 19 heavy (non-hydrogen) atoms. The van der Waals surface area contributed by atoms with Gasteiger partial charge in [0.15, 0.2) is 0 Å². The Labute approximate surface area is 117 Å². The van der Waals surface area contributed by atoms with Crippen LogP contribution in [0.1, 0.15) is 52.9 Å². The Morgan fingerprint density at radius 1 is 1.42 bits per heavy atom. The molecule has 0 radical (unpaired) electrons. The average molecular weight is 270 g/mol. The lowest BCUT2D eigenvalue weighted by atomic mass is 9.94. The minimum atomic E-state index is -0.788. The molecule has 1 unspecified atom stereocenters. The van der Waals surface area contributed by atoms with E-state index in [4.69, 9.17) is 0 Å². The SMILES string of the molecule is CC(C)NC(C)(CCCCN(C)CC1CC1)C(=O)O. The lowest BCUT2D eigenvalue weighted by molar-refractivity contribution is -0.144. The number of nitrogens with one attached hydrogen (secondary N) is 1. The molecule has 1 rings (SSSR count). The zero-order valence-electron chi connectivity index (χ0n) is 12.9. The van der Waals surface area contributed by atoms with E-state index in [1.807, 2.05) is 13.8 Å². The summed E-state index contributed by atoms with van der Waals surface area (Å²) in [5, 5.41) is 12.5. The van der Waals surface area contributed by atoms with E-state index in [-0.39, 0.29) is 6.04 Å². The van der Waals surface area contributed by atoms with Gasteiger partial charge < -0.3 is 10.0 Å². The Hall–Kier alpha value is -0.610. The highest BCUT2D eigenvalue weighted by atomic mass is 16.4. The zero-order valence-corrected chi connectivity index (χ0v) is 12.9. The number of hydrogen-bond acceptors (Lipinski definition) is 3. The van der Waals surface area contributed by atoms with Gasteiger partial charge in [-0.2, -0.15) is 0 Å². The topological polar surface area (TPSA) is 52.6 Å². The van der Waals surface area contributed by atoms with E-state index in [1.54, 1.807) is 6.92 Å². The third-order valence-electron chi connectivity index (χ3n) is 3.81. The number of unbranched alkanes of at least 4 members (excludes halogenated alkanes) is 1. The molecule has 0 aromatic rings. The van der Waals surface area contributed by atoms with Crippen molar-refractivity contribution >= 4 is 5.97 Å². The predicted molar refractivity (Wildman–Crippen MR) is 78.4 cm³/mol. The van der Waals surface area contributed by atoms with E-state index in [0.29, 0.717) is 6.42 Å². The van der Waals surface area contributed by atoms with Crippen molar-refractivity contribution in [3.8, 4) is 0 Å². The van der Waals surface area contributed by atoms with Gasteiger partial charge in [-0.3, -0.25) is 10.1 Å². The molecule has 1 fully saturated rings. The molecule has 0 saturated heterocycles. The first kappa shape index (κ1) is 16.4. The highest BCUT2D eigenvalue weighted by molar-refractivity contribution is 5.78. The van der Waals surface area contributed by atoms with E-state index in [9.17, 15) is 9.90 Å². The summed E-state index contributed by atoms with van der Waals surface area (Å²) >= 11 is 0. The van der Waals surface area contributed by atoms with Crippen molar-refractivity contribution in [2.24, 2.45) is 5.92 Å². The molecule has 1 saturated carbocycles. The summed E-state index contributed by atoms with van der Waals surface area (Å²) in [4.78, 5) is 13.7. The molecule has 112 valence electrons. The minimum Gasteiger partial charge on any atom is -0.480 e. The Bertz CT molecular complexity index is 290. The molecule has 1 aliphatic carbocycles. The Balaban J connectivity index is 2.21. The van der Waals surface area contributed by atoms with Gasteiger partial charge in [0, 0.05) is 12.6 Å². The number of nitrogens with zero attached hydrogens (tertiary/aromatic N) is 1. The number of aliphatic carboxylic acids is 1. The third-order valence-corrected chi connectivity index (χ3v) is 3.81. The van der Waals surface area contributed by atoms with Crippen LogP contribution in [0.5, 0.6) is 0 Å². The number of carboxylic acid groups (broad SMARTS) is 1. The fourth-order valence-corrected chi connectivity index (χ4v) is 2.57. The first-order chi connectivity index (χ1) is 8.83. The van der Waals surface area contributed by atoms with Crippen LogP contribution in [0.25, 0.3) is 0 Å². The number of rotatable bonds is 10. The van der Waals surface area contributed by atoms with Gasteiger partial charge in [-0.05, 0) is 72.4 Å². The van der Waals surface area contributed by atoms with Crippen molar-refractivity contribution in [2.75, 3.05) is 20.1 Å². The number of carboxylic acids is 1. The molecule has 0 spiro atoms. The molecule has 0 aromatic heterocycles. The van der Waals surface area contributed by atoms with Crippen molar-refractivity contribution in [1.82, 2.24) is 10.2 Å². The molecule has 1 atom stereocenters. The van der Waals surface area contributed by atoms with E-state index >= 15 is 0 Å². The van der Waals surface area contributed by atoms with E-state index in [2.05, 4.69) is 17.3 Å². The van der Waals surface area contributed by atoms with Gasteiger partial charge in [-0.25, -0.2) is 0 Å². The van der Waals surface area contributed by atoms with Gasteiger partial charge in [0.2, 0.25) is 0 Å². The van der Waals surface area contributed by atoms with Crippen LogP contribution < -0.4 is 5.32 Å². The number of hydrogen-bond donors (Lipinski definition) is 2. The standard InChI is InChI=1S/C15H30N2O2/c1-12(2)16-15(3,14(18)19)9-5-6-10-17(4)11-13-7-8-13/h12-13,16H,5-11H2,1-4H3,(H,18,19). The van der Waals surface area contributed by atoms with Crippen LogP contribution >= 0.6 is 0 Å². The molecule has 0 heterocycles. The van der Waals surface area contributed by atoms with Crippen molar-refractivity contribution in [3.05, 3.63) is 0 Å². The quantitative estimate of drug-likeness (QED) is 0.598. The summed E-state index contributed by atoms with van der Waals surface area (Å²) in [5.74, 6) is 0.185. The van der Waals surface area contributed by atoms with Gasteiger partial charge >= 0.3 is 5.97 Å². The fourth-order valence-electron chi connectivity index (χ4n) is 2.57. The van der Waals surface area contributed by atoms with E-state index < -0.39 is 11.5 Å². The predicted octanol–water partition coefficient (Wildman–Crippen LogP) is 2.34. The maximum atomic E-state index is 11.4. The summed E-state index contributed by atoms with van der Waals surface area (Å²) in [6.07, 6.45) is 5.50. The molecular weight excluding hydrogens is 240 g/mol. The van der Waals surface area contributed by atoms with Crippen LogP contribution in [0.3, 0.4) is 0 Å². The lowest BCUT2D eigenvalue weighted by Gasteiger charge is -2.29. The largest absolute Gasteiger partial charge is 0.480 e. The first-order valence-electron chi connectivity index (χ1n) is 7.53. The van der Waals surface area contributed by atoms with Crippen LogP contribution in [0, 0.1) is 5.92 Å². The van der Waals surface area contributed by atoms with Crippen molar-refractivity contribution in [1.29, 1.82) is 0 Å². The highest BCUT2D eigenvalue weighted by Crippen LogP contribution is 2.29. The van der Waals surface area contributed by atoms with Gasteiger partial charge in [-0.15, -0.1) is 0 Å². The van der Waals surface area contributed by atoms with Gasteiger partial charge in [0.05, 0.1) is 0 Å². The summed E-state index contributed by atoms with van der Waals surface area (Å²) in [5.41, 5.74) is -0.788. The second kappa shape index (κ2) is 7.25. The average Bonchev–Trinajstić information content (AvgIpc) is 3.07. The lowest BCUT2D eigenvalue weighted by Crippen LogP contribution is -2.52. The monoisotopic (exact) mass is 270 g/mol. The zero-order chi connectivity index (χ0) is 14.5. The second-order valence-corrected chi connectivity index (χ2v) is 6.60. The molecule has 1 aliphatic rings. The van der Waals surface area contributed by atoms with E-state index in [0.717, 1.165) is 25.3 Å². The first-order valence-corrected chi connectivity index (χ1v) is 7.53. The smallest absolute Gasteiger partial charge is 0.323 e. The Morgan fingerprint density at radius 2 is 2.05 bits per heavy atom. The second-order valence-electron chi connectivity index (χ2n) is 6.60. The third kappa shape index (κ3) is 6.39. The normalized spacial score (nSPS) is 18.8. The maximum Gasteiger partial charge on any atom is 0.323 e. The number of carbonyl (C=O) groups is 1. The fraction of sp³-hybridized carbons (Fsp3) is 0.933. The maximum absolute atomic E-state index is 11.4. The molecular formula is C15H30N2O2. The molecule has 4 heteroatoms. The van der Waals surface area contributed by atoms with Crippen molar-refractivity contribution in [2.45, 2.75) is 64.5 Å². The summed E-state index contributed by atoms with van der Waals surface area (Å²) in [6.45, 7) is 8.06. The van der Waals surface area contributed by atoms with Crippen LogP contribution in [0.15, 0.2) is 0 Å². The summed E-state index contributed by atoms with van der Waals surface area (Å²) in [6, 6.07) is 0.193. The van der Waals surface area contributed by atoms with Gasteiger partial charge in [0.1, 0.15) is 5.54 Å². The van der Waals surface area contributed by atoms with Crippen LogP contribution in [-0.2, 0) is 4.79 Å². The van der Waals surface area contributed by atoms with E-state index in [1.165, 1.54) is 19.4 Å². The molecule has 0 aliphatic heterocycles. The Morgan fingerprint density at radius 3 is 2.53 bits per heavy atom. The molecule has 2 N–H and O–H groups in total. The summed E-state index contributed by atoms with van der Waals surface area (Å²) < 4.78 is 0. The Kier molecular flexibility index (Phi) is 6.27. The molecule has 0 amide bonds.